The molecule has 1 aromatic rings. The molecule has 6 heteroatoms. The number of fused-ring (bicyclic) bond motifs is 1. The van der Waals surface area contributed by atoms with Crippen molar-refractivity contribution in [1.29, 1.82) is 0 Å². The number of carbonyl (C=O) groups is 1. The molecule has 3 rings (SSSR count). The van der Waals surface area contributed by atoms with E-state index in [0.717, 1.165) is 5.56 Å². The summed E-state index contributed by atoms with van der Waals surface area (Å²) in [6.45, 7) is 9.67. The molecule has 0 unspecified atom stereocenters. The highest BCUT2D eigenvalue weighted by atomic mass is 16.6. The second-order valence-corrected chi connectivity index (χ2v) is 7.29. The summed E-state index contributed by atoms with van der Waals surface area (Å²) < 4.78 is 16.8. The van der Waals surface area contributed by atoms with Gasteiger partial charge in [-0.15, -0.1) is 0 Å². The SMILES string of the molecule is COC[C@H]1CN(c2nccc3c2C(=O)OC3(C)C)CC(C)(C)O1. The van der Waals surface area contributed by atoms with E-state index in [2.05, 4.69) is 9.88 Å². The van der Waals surface area contributed by atoms with E-state index >= 15 is 0 Å². The van der Waals surface area contributed by atoms with Gasteiger partial charge in [0.05, 0.1) is 18.3 Å². The highest BCUT2D eigenvalue weighted by Crippen LogP contribution is 2.40. The zero-order valence-corrected chi connectivity index (χ0v) is 14.4. The number of carbonyl (C=O) groups excluding carboxylic acids is 1. The zero-order chi connectivity index (χ0) is 16.8. The number of aromatic nitrogens is 1. The van der Waals surface area contributed by atoms with Crippen molar-refractivity contribution in [2.24, 2.45) is 0 Å². The number of nitrogens with zero attached hydrogens (tertiary/aromatic N) is 2. The van der Waals surface area contributed by atoms with Crippen molar-refractivity contribution in [2.45, 2.75) is 45.0 Å². The lowest BCUT2D eigenvalue weighted by Gasteiger charge is -2.43. The summed E-state index contributed by atoms with van der Waals surface area (Å²) in [5, 5.41) is 0. The first kappa shape index (κ1) is 16.2. The van der Waals surface area contributed by atoms with E-state index < -0.39 is 5.60 Å². The normalized spacial score (nSPS) is 25.2. The molecule has 0 saturated carbocycles. The smallest absolute Gasteiger partial charge is 0.343 e. The van der Waals surface area contributed by atoms with Crippen molar-refractivity contribution in [3.05, 3.63) is 23.4 Å². The molecule has 1 atom stereocenters. The molecule has 0 N–H and O–H groups in total. The Morgan fingerprint density at radius 1 is 1.39 bits per heavy atom. The van der Waals surface area contributed by atoms with Gasteiger partial charge in [0, 0.05) is 32.0 Å². The minimum atomic E-state index is -0.613. The molecule has 0 bridgehead atoms. The second kappa shape index (κ2) is 5.46. The molecule has 1 fully saturated rings. The van der Waals surface area contributed by atoms with Crippen molar-refractivity contribution < 1.29 is 19.0 Å². The van der Waals surface area contributed by atoms with Crippen LogP contribution < -0.4 is 4.90 Å². The molecular weight excluding hydrogens is 296 g/mol. The molecule has 3 heterocycles. The fourth-order valence-corrected chi connectivity index (χ4v) is 3.46. The molecule has 126 valence electrons. The van der Waals surface area contributed by atoms with E-state index in [1.54, 1.807) is 13.3 Å². The summed E-state index contributed by atoms with van der Waals surface area (Å²) >= 11 is 0. The van der Waals surface area contributed by atoms with Crippen LogP contribution >= 0.6 is 0 Å². The van der Waals surface area contributed by atoms with Crippen LogP contribution in [0.15, 0.2) is 12.3 Å². The van der Waals surface area contributed by atoms with Crippen LogP contribution in [0.25, 0.3) is 0 Å². The van der Waals surface area contributed by atoms with Gasteiger partial charge in [0.1, 0.15) is 17.0 Å². The fourth-order valence-electron chi connectivity index (χ4n) is 3.46. The third-order valence-electron chi connectivity index (χ3n) is 4.27. The van der Waals surface area contributed by atoms with Gasteiger partial charge in [0.15, 0.2) is 0 Å². The van der Waals surface area contributed by atoms with E-state index in [9.17, 15) is 4.79 Å². The van der Waals surface area contributed by atoms with Gasteiger partial charge in [-0.2, -0.15) is 0 Å². The number of esters is 1. The molecular formula is C17H24N2O4. The molecule has 1 aromatic heterocycles. The Labute approximate surface area is 136 Å². The number of cyclic esters (lactones) is 1. The molecule has 23 heavy (non-hydrogen) atoms. The van der Waals surface area contributed by atoms with Crippen LogP contribution in [-0.4, -0.2) is 49.5 Å². The van der Waals surface area contributed by atoms with Gasteiger partial charge in [-0.3, -0.25) is 0 Å². The highest BCUT2D eigenvalue weighted by Gasteiger charge is 2.43. The van der Waals surface area contributed by atoms with Gasteiger partial charge < -0.3 is 19.1 Å². The molecule has 0 radical (unpaired) electrons. The van der Waals surface area contributed by atoms with Gasteiger partial charge in [-0.25, -0.2) is 9.78 Å². The van der Waals surface area contributed by atoms with Crippen LogP contribution in [0.5, 0.6) is 0 Å². The number of ether oxygens (including phenoxy) is 3. The van der Waals surface area contributed by atoms with Crippen LogP contribution in [-0.2, 0) is 19.8 Å². The van der Waals surface area contributed by atoms with Crippen LogP contribution in [0.1, 0.15) is 43.6 Å². The average Bonchev–Trinajstić information content (AvgIpc) is 2.67. The van der Waals surface area contributed by atoms with E-state index in [4.69, 9.17) is 14.2 Å². The summed E-state index contributed by atoms with van der Waals surface area (Å²) in [7, 11) is 1.66. The number of hydrogen-bond donors (Lipinski definition) is 0. The Hall–Kier alpha value is -1.66. The molecule has 6 nitrogen and oxygen atoms in total. The maximum absolute atomic E-state index is 12.4. The largest absolute Gasteiger partial charge is 0.451 e. The van der Waals surface area contributed by atoms with Crippen molar-refractivity contribution in [3.8, 4) is 0 Å². The van der Waals surface area contributed by atoms with Crippen molar-refractivity contribution >= 4 is 11.8 Å². The van der Waals surface area contributed by atoms with Crippen LogP contribution in [0, 0.1) is 0 Å². The maximum Gasteiger partial charge on any atom is 0.343 e. The van der Waals surface area contributed by atoms with Crippen molar-refractivity contribution in [3.63, 3.8) is 0 Å². The summed E-state index contributed by atoms with van der Waals surface area (Å²) in [5.74, 6) is 0.372. The van der Waals surface area contributed by atoms with Gasteiger partial charge in [0.2, 0.25) is 0 Å². The van der Waals surface area contributed by atoms with E-state index in [1.165, 1.54) is 0 Å². The lowest BCUT2D eigenvalue weighted by atomic mass is 9.96. The van der Waals surface area contributed by atoms with Crippen LogP contribution in [0.3, 0.4) is 0 Å². The average molecular weight is 320 g/mol. The zero-order valence-electron chi connectivity index (χ0n) is 14.4. The predicted molar refractivity (Wildman–Crippen MR) is 85.7 cm³/mol. The Kier molecular flexibility index (Phi) is 3.84. The topological polar surface area (TPSA) is 60.9 Å². The third-order valence-corrected chi connectivity index (χ3v) is 4.27. The van der Waals surface area contributed by atoms with E-state index in [1.807, 2.05) is 33.8 Å². The number of morpholine rings is 1. The van der Waals surface area contributed by atoms with Gasteiger partial charge in [-0.1, -0.05) is 0 Å². The van der Waals surface area contributed by atoms with Crippen LogP contribution in [0.4, 0.5) is 5.82 Å². The number of pyridine rings is 1. The first-order valence-corrected chi connectivity index (χ1v) is 7.88. The predicted octanol–water partition coefficient (Wildman–Crippen LogP) is 2.12. The number of anilines is 1. The Bertz CT molecular complexity index is 627. The molecule has 2 aliphatic rings. The van der Waals surface area contributed by atoms with Crippen molar-refractivity contribution in [2.75, 3.05) is 31.7 Å². The molecule has 0 aromatic carbocycles. The monoisotopic (exact) mass is 320 g/mol. The molecule has 0 spiro atoms. The third kappa shape index (κ3) is 2.93. The summed E-state index contributed by atoms with van der Waals surface area (Å²) in [5.41, 5.74) is 0.508. The Morgan fingerprint density at radius 3 is 2.83 bits per heavy atom. The molecule has 1 saturated heterocycles. The molecule has 2 aliphatic heterocycles. The lowest BCUT2D eigenvalue weighted by Crippen LogP contribution is -2.54. The van der Waals surface area contributed by atoms with Crippen molar-refractivity contribution in [1.82, 2.24) is 4.98 Å². The number of hydrogen-bond acceptors (Lipinski definition) is 6. The van der Waals surface area contributed by atoms with Gasteiger partial charge in [0.25, 0.3) is 0 Å². The molecule has 0 aliphatic carbocycles. The minimum Gasteiger partial charge on any atom is -0.451 e. The minimum absolute atomic E-state index is 0.0631. The first-order chi connectivity index (χ1) is 10.7. The lowest BCUT2D eigenvalue weighted by molar-refractivity contribution is -0.106. The molecule has 0 amide bonds. The summed E-state index contributed by atoms with van der Waals surface area (Å²) in [6, 6.07) is 1.86. The number of rotatable bonds is 3. The van der Waals surface area contributed by atoms with E-state index in [-0.39, 0.29) is 17.7 Å². The highest BCUT2D eigenvalue weighted by molar-refractivity contribution is 5.99. The first-order valence-electron chi connectivity index (χ1n) is 7.88. The second-order valence-electron chi connectivity index (χ2n) is 7.29. The standard InChI is InChI=1S/C17H24N2O4/c1-16(2)10-19(8-11(22-16)9-21-5)14-13-12(6-7-18-14)17(3,4)23-15(13)20/h6-7,11H,8-10H2,1-5H3/t11-/m1/s1. The van der Waals surface area contributed by atoms with E-state index in [0.29, 0.717) is 31.1 Å². The summed E-state index contributed by atoms with van der Waals surface area (Å²) in [6.07, 6.45) is 1.68. The quantitative estimate of drug-likeness (QED) is 0.795. The maximum atomic E-state index is 12.4. The number of methoxy groups -OCH3 is 1. The Morgan fingerprint density at radius 2 is 2.13 bits per heavy atom. The van der Waals surface area contributed by atoms with Gasteiger partial charge in [-0.05, 0) is 33.8 Å². The van der Waals surface area contributed by atoms with Crippen LogP contribution in [0.2, 0.25) is 0 Å². The Balaban J connectivity index is 1.99. The fraction of sp³-hybridized carbons (Fsp3) is 0.647. The summed E-state index contributed by atoms with van der Waals surface area (Å²) in [4.78, 5) is 19.0. The van der Waals surface area contributed by atoms with Gasteiger partial charge >= 0.3 is 5.97 Å².